The number of nitrogens with zero attached hydrogens (tertiary/aromatic N) is 1. The largest absolute Gasteiger partial charge is 0.312 e. The summed E-state index contributed by atoms with van der Waals surface area (Å²) in [5.74, 6) is 0. The van der Waals surface area contributed by atoms with Crippen molar-refractivity contribution in [1.82, 2.24) is 10.3 Å². The Kier molecular flexibility index (Phi) is 6.02. The first kappa shape index (κ1) is 12.2. The van der Waals surface area contributed by atoms with Gasteiger partial charge in [0, 0.05) is 12.2 Å². The lowest BCUT2D eigenvalue weighted by Crippen LogP contribution is -2.17. The van der Waals surface area contributed by atoms with Crippen LogP contribution in [0.3, 0.4) is 0 Å². The average molecular weight is 206 g/mol. The van der Waals surface area contributed by atoms with Gasteiger partial charge >= 0.3 is 0 Å². The summed E-state index contributed by atoms with van der Waals surface area (Å²) >= 11 is 0. The van der Waals surface area contributed by atoms with Gasteiger partial charge in [-0.25, -0.2) is 0 Å². The van der Waals surface area contributed by atoms with Gasteiger partial charge in [0.1, 0.15) is 0 Å². The van der Waals surface area contributed by atoms with Crippen molar-refractivity contribution in [2.75, 3.05) is 7.05 Å². The van der Waals surface area contributed by atoms with Gasteiger partial charge in [-0.3, -0.25) is 4.98 Å². The molecule has 84 valence electrons. The lowest BCUT2D eigenvalue weighted by atomic mass is 10.0. The molecule has 2 nitrogen and oxygen atoms in total. The van der Waals surface area contributed by atoms with Crippen LogP contribution < -0.4 is 5.32 Å². The molecule has 2 heteroatoms. The lowest BCUT2D eigenvalue weighted by Gasteiger charge is -2.15. The van der Waals surface area contributed by atoms with Crippen molar-refractivity contribution in [3.8, 4) is 0 Å². The van der Waals surface area contributed by atoms with Crippen molar-refractivity contribution in [2.45, 2.75) is 45.1 Å². The highest BCUT2D eigenvalue weighted by atomic mass is 14.9. The number of pyridine rings is 1. The smallest absolute Gasteiger partial charge is 0.0573 e. The van der Waals surface area contributed by atoms with Gasteiger partial charge in [0.05, 0.1) is 5.69 Å². The Morgan fingerprint density at radius 1 is 1.27 bits per heavy atom. The molecule has 0 aliphatic carbocycles. The maximum atomic E-state index is 4.39. The Labute approximate surface area is 93.1 Å². The number of aromatic nitrogens is 1. The van der Waals surface area contributed by atoms with Crippen molar-refractivity contribution in [3.05, 3.63) is 30.1 Å². The topological polar surface area (TPSA) is 24.9 Å². The summed E-state index contributed by atoms with van der Waals surface area (Å²) in [5.41, 5.74) is 1.16. The van der Waals surface area contributed by atoms with Gasteiger partial charge in [-0.1, -0.05) is 38.7 Å². The number of hydrogen-bond donors (Lipinski definition) is 1. The van der Waals surface area contributed by atoms with Crippen LogP contribution in [0.5, 0.6) is 0 Å². The second-order valence-corrected chi connectivity index (χ2v) is 3.95. The van der Waals surface area contributed by atoms with E-state index < -0.39 is 0 Å². The molecule has 15 heavy (non-hydrogen) atoms. The molecule has 0 saturated carbocycles. The summed E-state index contributed by atoms with van der Waals surface area (Å²) in [7, 11) is 2.01. The molecule has 0 aromatic carbocycles. The zero-order valence-electron chi connectivity index (χ0n) is 9.87. The second-order valence-electron chi connectivity index (χ2n) is 3.95. The Balaban J connectivity index is 2.36. The second kappa shape index (κ2) is 7.41. The highest BCUT2D eigenvalue weighted by Gasteiger charge is 2.08. The number of nitrogens with one attached hydrogen (secondary N) is 1. The minimum absolute atomic E-state index is 0.419. The summed E-state index contributed by atoms with van der Waals surface area (Å²) < 4.78 is 0. The molecule has 0 aliphatic heterocycles. The number of hydrogen-bond acceptors (Lipinski definition) is 2. The molecule has 0 spiro atoms. The van der Waals surface area contributed by atoms with E-state index in [4.69, 9.17) is 0 Å². The van der Waals surface area contributed by atoms with Crippen LogP contribution in [0.2, 0.25) is 0 Å². The standard InChI is InChI=1S/C13H22N2/c1-3-4-5-6-9-12(14-2)13-10-7-8-11-15-13/h7-8,10-12,14H,3-6,9H2,1-2H3. The molecule has 1 rings (SSSR count). The Morgan fingerprint density at radius 3 is 2.73 bits per heavy atom. The van der Waals surface area contributed by atoms with E-state index in [1.54, 1.807) is 0 Å². The van der Waals surface area contributed by atoms with Crippen LogP contribution in [0.4, 0.5) is 0 Å². The van der Waals surface area contributed by atoms with Gasteiger partial charge in [0.15, 0.2) is 0 Å². The fourth-order valence-corrected chi connectivity index (χ4v) is 1.80. The zero-order valence-corrected chi connectivity index (χ0v) is 9.87. The molecular formula is C13H22N2. The molecule has 1 heterocycles. The molecule has 1 aromatic heterocycles. The molecule has 0 amide bonds. The minimum Gasteiger partial charge on any atom is -0.312 e. The van der Waals surface area contributed by atoms with Crippen LogP contribution in [0.1, 0.15) is 50.8 Å². The van der Waals surface area contributed by atoms with E-state index in [0.29, 0.717) is 6.04 Å². The normalized spacial score (nSPS) is 12.7. The first-order valence-corrected chi connectivity index (χ1v) is 5.96. The maximum Gasteiger partial charge on any atom is 0.0573 e. The van der Waals surface area contributed by atoms with E-state index in [9.17, 15) is 0 Å². The first-order valence-electron chi connectivity index (χ1n) is 5.96. The van der Waals surface area contributed by atoms with Gasteiger partial charge < -0.3 is 5.32 Å². The van der Waals surface area contributed by atoms with Crippen LogP contribution in [-0.2, 0) is 0 Å². The molecule has 1 aromatic rings. The fourth-order valence-electron chi connectivity index (χ4n) is 1.80. The number of rotatable bonds is 7. The van der Waals surface area contributed by atoms with Gasteiger partial charge in [0.25, 0.3) is 0 Å². The zero-order chi connectivity index (χ0) is 10.9. The Morgan fingerprint density at radius 2 is 2.13 bits per heavy atom. The van der Waals surface area contributed by atoms with Crippen molar-refractivity contribution in [3.63, 3.8) is 0 Å². The van der Waals surface area contributed by atoms with Crippen LogP contribution >= 0.6 is 0 Å². The predicted octanol–water partition coefficient (Wildman–Crippen LogP) is 3.31. The lowest BCUT2D eigenvalue weighted by molar-refractivity contribution is 0.495. The first-order chi connectivity index (χ1) is 7.38. The van der Waals surface area contributed by atoms with E-state index in [2.05, 4.69) is 29.4 Å². The Hall–Kier alpha value is -0.890. The SMILES string of the molecule is CCCCCCC(NC)c1ccccn1. The highest BCUT2D eigenvalue weighted by Crippen LogP contribution is 2.17. The van der Waals surface area contributed by atoms with Gasteiger partial charge in [0.2, 0.25) is 0 Å². The Bertz CT molecular complexity index is 246. The van der Waals surface area contributed by atoms with Gasteiger partial charge in [-0.2, -0.15) is 0 Å². The molecular weight excluding hydrogens is 184 g/mol. The third kappa shape index (κ3) is 4.43. The van der Waals surface area contributed by atoms with E-state index in [0.717, 1.165) is 5.69 Å². The molecule has 0 bridgehead atoms. The van der Waals surface area contributed by atoms with Gasteiger partial charge in [-0.05, 0) is 25.6 Å². The number of unbranched alkanes of at least 4 members (excludes halogenated alkanes) is 3. The summed E-state index contributed by atoms with van der Waals surface area (Å²) in [6.07, 6.45) is 8.32. The summed E-state index contributed by atoms with van der Waals surface area (Å²) in [6.45, 7) is 2.24. The van der Waals surface area contributed by atoms with E-state index in [1.807, 2.05) is 19.3 Å². The van der Waals surface area contributed by atoms with E-state index in [1.165, 1.54) is 32.1 Å². The summed E-state index contributed by atoms with van der Waals surface area (Å²) in [4.78, 5) is 4.39. The predicted molar refractivity (Wildman–Crippen MR) is 64.8 cm³/mol. The average Bonchev–Trinajstić information content (AvgIpc) is 2.30. The molecule has 1 atom stereocenters. The fraction of sp³-hybridized carbons (Fsp3) is 0.615. The highest BCUT2D eigenvalue weighted by molar-refractivity contribution is 5.08. The van der Waals surface area contributed by atoms with Crippen molar-refractivity contribution in [2.24, 2.45) is 0 Å². The van der Waals surface area contributed by atoms with Crippen LogP contribution in [0, 0.1) is 0 Å². The summed E-state index contributed by atoms with van der Waals surface area (Å²) in [5, 5.41) is 3.33. The molecule has 1 N–H and O–H groups in total. The van der Waals surface area contributed by atoms with Crippen LogP contribution in [-0.4, -0.2) is 12.0 Å². The molecule has 0 fully saturated rings. The third-order valence-corrected chi connectivity index (χ3v) is 2.74. The third-order valence-electron chi connectivity index (χ3n) is 2.74. The quantitative estimate of drug-likeness (QED) is 0.692. The molecule has 0 saturated heterocycles. The van der Waals surface area contributed by atoms with E-state index >= 15 is 0 Å². The minimum atomic E-state index is 0.419. The maximum absolute atomic E-state index is 4.39. The molecule has 1 unspecified atom stereocenters. The molecule has 0 aliphatic rings. The van der Waals surface area contributed by atoms with E-state index in [-0.39, 0.29) is 0 Å². The summed E-state index contributed by atoms with van der Waals surface area (Å²) in [6, 6.07) is 6.54. The monoisotopic (exact) mass is 206 g/mol. The van der Waals surface area contributed by atoms with Crippen molar-refractivity contribution in [1.29, 1.82) is 0 Å². The van der Waals surface area contributed by atoms with Crippen molar-refractivity contribution >= 4 is 0 Å². The van der Waals surface area contributed by atoms with Gasteiger partial charge in [-0.15, -0.1) is 0 Å². The van der Waals surface area contributed by atoms with Crippen molar-refractivity contribution < 1.29 is 0 Å². The van der Waals surface area contributed by atoms with Crippen LogP contribution in [0.15, 0.2) is 24.4 Å². The van der Waals surface area contributed by atoms with Crippen LogP contribution in [0.25, 0.3) is 0 Å². The molecule has 0 radical (unpaired) electrons.